The second-order valence-corrected chi connectivity index (χ2v) is 14.5. The Morgan fingerprint density at radius 1 is 0.973 bits per heavy atom. The number of aryl methyl sites for hydroxylation is 1. The van der Waals surface area contributed by atoms with E-state index in [1.54, 1.807) is 6.07 Å². The number of likely N-dealkylation sites (tertiary alicyclic amines) is 1. The van der Waals surface area contributed by atoms with Gasteiger partial charge in [0.1, 0.15) is 17.2 Å². The second kappa shape index (κ2) is 10.7. The average molecular weight is 603 g/mol. The fraction of sp³-hybridized carbons (Fsp3) is 0.520. The minimum absolute atomic E-state index is 0.157. The number of fused-ring (bicyclic) bond motifs is 1. The van der Waals surface area contributed by atoms with E-state index in [4.69, 9.17) is 39.5 Å². The number of hydrogen-bond acceptors (Lipinski definition) is 4. The van der Waals surface area contributed by atoms with Crippen LogP contribution in [0.15, 0.2) is 36.4 Å². The van der Waals surface area contributed by atoms with Crippen molar-refractivity contribution in [3.8, 4) is 16.9 Å². The number of nitrogens with zero attached hydrogens (tertiary/aromatic N) is 1. The maximum Gasteiger partial charge on any atom is 0.390 e. The number of alkyl halides is 6. The average Bonchev–Trinajstić information content (AvgIpc) is 2.79. The highest BCUT2D eigenvalue weighted by molar-refractivity contribution is 7.90. The number of halogens is 7. The van der Waals surface area contributed by atoms with E-state index in [0.717, 1.165) is 55.6 Å². The fourth-order valence-corrected chi connectivity index (χ4v) is 6.75. The Labute approximate surface area is 228 Å². The molecule has 0 atom stereocenters. The van der Waals surface area contributed by atoms with Crippen molar-refractivity contribution in [2.45, 2.75) is 53.4 Å². The Kier molecular flexibility index (Phi) is 8.33. The Hall–Kier alpha value is -1.26. The van der Waals surface area contributed by atoms with Crippen molar-refractivity contribution in [3.05, 3.63) is 53.3 Å². The second-order valence-electron chi connectivity index (χ2n) is 9.76. The van der Waals surface area contributed by atoms with Crippen LogP contribution < -0.4 is 4.74 Å². The van der Waals surface area contributed by atoms with Gasteiger partial charge in [-0.1, -0.05) is 53.0 Å². The SMILES string of the molecule is O=S(=O)(CCC(F)(F)F)Cc1ccc(-c2ccc3c(c2)CCC2(CCN(CC(Cl)(Cl)Cl)CC2)O3)cc1F. The van der Waals surface area contributed by atoms with Gasteiger partial charge in [-0.05, 0) is 60.6 Å². The van der Waals surface area contributed by atoms with Gasteiger partial charge in [0.25, 0.3) is 0 Å². The van der Waals surface area contributed by atoms with Crippen LogP contribution in [0.1, 0.15) is 36.8 Å². The molecule has 0 unspecified atom stereocenters. The van der Waals surface area contributed by atoms with Crippen LogP contribution >= 0.6 is 34.8 Å². The molecule has 0 amide bonds. The number of benzene rings is 2. The lowest BCUT2D eigenvalue weighted by molar-refractivity contribution is -0.129. The lowest BCUT2D eigenvalue weighted by atomic mass is 9.82. The molecule has 4 rings (SSSR count). The highest BCUT2D eigenvalue weighted by Gasteiger charge is 2.40. The van der Waals surface area contributed by atoms with Gasteiger partial charge >= 0.3 is 6.18 Å². The van der Waals surface area contributed by atoms with Crippen molar-refractivity contribution in [1.82, 2.24) is 4.90 Å². The molecule has 0 radical (unpaired) electrons. The first-order chi connectivity index (χ1) is 17.1. The van der Waals surface area contributed by atoms with Crippen molar-refractivity contribution in [1.29, 1.82) is 0 Å². The first kappa shape index (κ1) is 28.7. The number of hydrogen-bond donors (Lipinski definition) is 0. The fourth-order valence-electron chi connectivity index (χ4n) is 4.85. The van der Waals surface area contributed by atoms with E-state index in [2.05, 4.69) is 4.90 Å². The van der Waals surface area contributed by atoms with Crippen LogP contribution in [0.2, 0.25) is 0 Å². The molecule has 12 heteroatoms. The molecule has 0 saturated carbocycles. The number of piperidine rings is 1. The van der Waals surface area contributed by atoms with Crippen LogP contribution in [-0.4, -0.2) is 54.3 Å². The Balaban J connectivity index is 1.42. The lowest BCUT2D eigenvalue weighted by Gasteiger charge is -2.45. The summed E-state index contributed by atoms with van der Waals surface area (Å²) in [5, 5.41) is 0. The summed E-state index contributed by atoms with van der Waals surface area (Å²) in [7, 11) is -4.11. The van der Waals surface area contributed by atoms with Gasteiger partial charge in [-0.3, -0.25) is 4.90 Å². The predicted octanol–water partition coefficient (Wildman–Crippen LogP) is 6.89. The molecule has 204 valence electrons. The largest absolute Gasteiger partial charge is 0.487 e. The van der Waals surface area contributed by atoms with Gasteiger partial charge in [0, 0.05) is 25.2 Å². The van der Waals surface area contributed by atoms with Crippen molar-refractivity contribution in [3.63, 3.8) is 0 Å². The minimum Gasteiger partial charge on any atom is -0.487 e. The summed E-state index contributed by atoms with van der Waals surface area (Å²) >= 11 is 17.8. The van der Waals surface area contributed by atoms with E-state index in [0.29, 0.717) is 12.1 Å². The number of rotatable bonds is 6. The summed E-state index contributed by atoms with van der Waals surface area (Å²) in [5.74, 6) is -1.86. The molecule has 1 spiro atoms. The molecule has 2 aliphatic heterocycles. The Morgan fingerprint density at radius 2 is 1.62 bits per heavy atom. The van der Waals surface area contributed by atoms with Crippen molar-refractivity contribution in [2.24, 2.45) is 0 Å². The van der Waals surface area contributed by atoms with Gasteiger partial charge in [0.2, 0.25) is 3.79 Å². The summed E-state index contributed by atoms with van der Waals surface area (Å²) in [4.78, 5) is 2.11. The molecule has 0 bridgehead atoms. The van der Waals surface area contributed by atoms with Crippen LogP contribution in [0.3, 0.4) is 0 Å². The van der Waals surface area contributed by atoms with Gasteiger partial charge in [-0.2, -0.15) is 13.2 Å². The maximum absolute atomic E-state index is 14.7. The topological polar surface area (TPSA) is 46.6 Å². The summed E-state index contributed by atoms with van der Waals surface area (Å²) in [6.07, 6.45) is -2.81. The smallest absolute Gasteiger partial charge is 0.390 e. The summed E-state index contributed by atoms with van der Waals surface area (Å²) < 4.78 is 81.0. The van der Waals surface area contributed by atoms with Gasteiger partial charge in [0.15, 0.2) is 9.84 Å². The van der Waals surface area contributed by atoms with Crippen LogP contribution in [0, 0.1) is 5.82 Å². The van der Waals surface area contributed by atoms with Crippen LogP contribution in [0.5, 0.6) is 5.75 Å². The predicted molar refractivity (Wildman–Crippen MR) is 138 cm³/mol. The van der Waals surface area contributed by atoms with Gasteiger partial charge in [-0.25, -0.2) is 12.8 Å². The first-order valence-electron chi connectivity index (χ1n) is 11.8. The van der Waals surface area contributed by atoms with Crippen molar-refractivity contribution in [2.75, 3.05) is 25.4 Å². The summed E-state index contributed by atoms with van der Waals surface area (Å²) in [5.41, 5.74) is 1.84. The van der Waals surface area contributed by atoms with Gasteiger partial charge in [0.05, 0.1) is 17.9 Å². The maximum atomic E-state index is 14.7. The third kappa shape index (κ3) is 7.88. The van der Waals surface area contributed by atoms with Crippen LogP contribution in [-0.2, 0) is 22.0 Å². The molecule has 2 heterocycles. The van der Waals surface area contributed by atoms with Crippen molar-refractivity contribution >= 4 is 44.6 Å². The Morgan fingerprint density at radius 3 is 2.24 bits per heavy atom. The van der Waals surface area contributed by atoms with E-state index >= 15 is 0 Å². The standard InChI is InChI=1S/C25H26Cl3F4NO3S/c26-24(27,28)16-33-10-7-23(8-11-33)6-5-19-13-17(3-4-22(19)36-23)18-1-2-20(21(29)14-18)15-37(34,35)12-9-25(30,31)32/h1-4,13-14H,5-12,15-16H2. The molecule has 0 aliphatic carbocycles. The summed E-state index contributed by atoms with van der Waals surface area (Å²) in [6, 6.07) is 9.68. The molecule has 37 heavy (non-hydrogen) atoms. The van der Waals surface area contributed by atoms with E-state index in [9.17, 15) is 26.0 Å². The lowest BCUT2D eigenvalue weighted by Crippen LogP contribution is -2.51. The molecular formula is C25H26Cl3F4NO3S. The molecule has 2 aromatic rings. The highest BCUT2D eigenvalue weighted by Crippen LogP contribution is 2.41. The zero-order valence-electron chi connectivity index (χ0n) is 19.8. The molecule has 1 fully saturated rings. The first-order valence-corrected chi connectivity index (χ1v) is 14.7. The van der Waals surface area contributed by atoms with Crippen molar-refractivity contribution < 1.29 is 30.7 Å². The van der Waals surface area contributed by atoms with Crippen LogP contribution in [0.4, 0.5) is 17.6 Å². The third-order valence-corrected chi connectivity index (χ3v) is 8.80. The molecule has 0 aromatic heterocycles. The van der Waals surface area contributed by atoms with E-state index < -0.39 is 43.5 Å². The molecule has 1 saturated heterocycles. The molecule has 0 N–H and O–H groups in total. The van der Waals surface area contributed by atoms with Gasteiger partial charge < -0.3 is 4.74 Å². The normalized spacial score (nSPS) is 18.5. The molecule has 2 aliphatic rings. The number of sulfone groups is 1. The molecule has 2 aromatic carbocycles. The minimum atomic E-state index is -4.59. The third-order valence-electron chi connectivity index (χ3n) is 6.87. The van der Waals surface area contributed by atoms with Gasteiger partial charge in [-0.15, -0.1) is 0 Å². The quantitative estimate of drug-likeness (QED) is 0.267. The Bertz CT molecular complexity index is 1240. The van der Waals surface area contributed by atoms with E-state index in [1.807, 2.05) is 18.2 Å². The molecule has 4 nitrogen and oxygen atoms in total. The van der Waals surface area contributed by atoms with Crippen LogP contribution in [0.25, 0.3) is 11.1 Å². The van der Waals surface area contributed by atoms with E-state index in [-0.39, 0.29) is 11.2 Å². The zero-order chi connectivity index (χ0) is 27.1. The monoisotopic (exact) mass is 601 g/mol. The summed E-state index contributed by atoms with van der Waals surface area (Å²) in [6.45, 7) is 1.89. The molecular weight excluding hydrogens is 577 g/mol. The highest BCUT2D eigenvalue weighted by atomic mass is 35.6. The zero-order valence-corrected chi connectivity index (χ0v) is 22.8. The van der Waals surface area contributed by atoms with E-state index in [1.165, 1.54) is 12.1 Å². The number of ether oxygens (including phenoxy) is 1.